The largest absolute Gasteiger partial charge is 0.0839 e. The van der Waals surface area contributed by atoms with E-state index < -0.39 is 0 Å². The lowest BCUT2D eigenvalue weighted by Crippen LogP contribution is -2.30. The zero-order valence-electron chi connectivity index (χ0n) is 13.4. The Morgan fingerprint density at radius 2 is 2.05 bits per heavy atom. The second-order valence-electron chi connectivity index (χ2n) is 6.92. The zero-order chi connectivity index (χ0) is 14.5. The predicted octanol–water partition coefficient (Wildman–Crippen LogP) is 4.52. The van der Waals surface area contributed by atoms with E-state index in [2.05, 4.69) is 55.5 Å². The van der Waals surface area contributed by atoms with Crippen molar-refractivity contribution in [2.75, 3.05) is 0 Å². The van der Waals surface area contributed by atoms with Gasteiger partial charge in [0, 0.05) is 0 Å². The molecule has 0 aromatic heterocycles. The highest BCUT2D eigenvalue weighted by molar-refractivity contribution is 6.57. The van der Waals surface area contributed by atoms with E-state index in [9.17, 15) is 0 Å². The average Bonchev–Trinajstić information content (AvgIpc) is 2.88. The monoisotopic (exact) mass is 296 g/mol. The molecule has 1 aromatic rings. The molecule has 0 spiro atoms. The fraction of sp³-hybridized carbons (Fsp3) is 0.500. The molecule has 21 heavy (non-hydrogen) atoms. The number of fused-ring (bicyclic) bond motifs is 1. The summed E-state index contributed by atoms with van der Waals surface area (Å²) in [5.74, 6) is 0.868. The van der Waals surface area contributed by atoms with E-state index in [-0.39, 0.29) is 9.52 Å². The number of rotatable bonds is 6. The lowest BCUT2D eigenvalue weighted by molar-refractivity contribution is 0.542. The molecule has 1 aromatic carbocycles. The highest BCUT2D eigenvalue weighted by Gasteiger charge is 2.43. The van der Waals surface area contributed by atoms with Crippen molar-refractivity contribution in [3.8, 4) is 0 Å². The highest BCUT2D eigenvalue weighted by Crippen LogP contribution is 2.56. The van der Waals surface area contributed by atoms with E-state index >= 15 is 0 Å². The molecule has 0 bridgehead atoms. The predicted molar refractivity (Wildman–Crippen MR) is 96.0 cm³/mol. The van der Waals surface area contributed by atoms with Gasteiger partial charge in [-0.2, -0.15) is 0 Å². The lowest BCUT2D eigenvalue weighted by Gasteiger charge is -2.33. The molecule has 0 radical (unpaired) electrons. The molecule has 2 aliphatic carbocycles. The van der Waals surface area contributed by atoms with Crippen LogP contribution in [-0.2, 0) is 0 Å². The summed E-state index contributed by atoms with van der Waals surface area (Å²) >= 11 is 0. The molecule has 1 heteroatoms. The molecule has 1 saturated carbocycles. The molecular weight excluding hydrogens is 268 g/mol. The quantitative estimate of drug-likeness (QED) is 0.535. The molecule has 3 rings (SSSR count). The molecule has 0 amide bonds. The Kier molecular flexibility index (Phi) is 4.79. The van der Waals surface area contributed by atoms with Gasteiger partial charge in [0.05, 0.1) is 9.52 Å². The fourth-order valence-electron chi connectivity index (χ4n) is 4.40. The van der Waals surface area contributed by atoms with Crippen molar-refractivity contribution in [1.29, 1.82) is 0 Å². The first-order valence-electron chi connectivity index (χ1n) is 8.75. The third-order valence-corrected chi connectivity index (χ3v) is 8.17. The van der Waals surface area contributed by atoms with Crippen molar-refractivity contribution in [3.05, 3.63) is 54.1 Å². The molecule has 2 atom stereocenters. The third kappa shape index (κ3) is 3.23. The Morgan fingerprint density at radius 1 is 1.19 bits per heavy atom. The van der Waals surface area contributed by atoms with Gasteiger partial charge in [0.1, 0.15) is 0 Å². The second-order valence-corrected chi connectivity index (χ2v) is 9.44. The second kappa shape index (κ2) is 6.78. The summed E-state index contributed by atoms with van der Waals surface area (Å²) in [7, 11) is -0.238. The molecule has 0 heterocycles. The summed E-state index contributed by atoms with van der Waals surface area (Å²) in [6.45, 7) is 2.32. The minimum atomic E-state index is -0.238. The maximum Gasteiger partial charge on any atom is 0.0658 e. The van der Waals surface area contributed by atoms with E-state index in [1.165, 1.54) is 44.9 Å². The van der Waals surface area contributed by atoms with Crippen molar-refractivity contribution >= 4 is 14.7 Å². The van der Waals surface area contributed by atoms with Crippen LogP contribution >= 0.6 is 0 Å². The van der Waals surface area contributed by atoms with Crippen molar-refractivity contribution in [2.24, 2.45) is 5.92 Å². The Bertz CT molecular complexity index is 514. The standard InChI is InChI=1S/C20H28Si/c1-2-3-9-15-20(21-18-11-5-4-6-12-18)16-14-17-10-7-8-13-19(17)20/h4-8,11-13,17H,2-3,9-10,14-16,21H2,1H3. The summed E-state index contributed by atoms with van der Waals surface area (Å²) in [4.78, 5) is 0. The number of benzene rings is 1. The number of hydrogen-bond acceptors (Lipinski definition) is 0. The van der Waals surface area contributed by atoms with Crippen LogP contribution in [0.5, 0.6) is 0 Å². The fourth-order valence-corrected chi connectivity index (χ4v) is 7.11. The molecule has 112 valence electrons. The van der Waals surface area contributed by atoms with Crippen LogP contribution in [0, 0.1) is 5.92 Å². The molecule has 2 aliphatic rings. The summed E-state index contributed by atoms with van der Waals surface area (Å²) in [6.07, 6.45) is 17.0. The van der Waals surface area contributed by atoms with Gasteiger partial charge < -0.3 is 0 Å². The van der Waals surface area contributed by atoms with E-state index in [1.807, 2.05) is 5.57 Å². The molecular formula is C20H28Si. The first-order chi connectivity index (χ1) is 10.3. The summed E-state index contributed by atoms with van der Waals surface area (Å²) in [6, 6.07) is 11.4. The first-order valence-corrected chi connectivity index (χ1v) is 10.2. The van der Waals surface area contributed by atoms with E-state index in [4.69, 9.17) is 0 Å². The minimum Gasteiger partial charge on any atom is -0.0839 e. The summed E-state index contributed by atoms with van der Waals surface area (Å²) in [5.41, 5.74) is 1.83. The van der Waals surface area contributed by atoms with Gasteiger partial charge in [0.25, 0.3) is 0 Å². The van der Waals surface area contributed by atoms with Gasteiger partial charge in [0.15, 0.2) is 0 Å². The van der Waals surface area contributed by atoms with Gasteiger partial charge in [-0.3, -0.25) is 0 Å². The zero-order valence-corrected chi connectivity index (χ0v) is 14.8. The van der Waals surface area contributed by atoms with Gasteiger partial charge in [-0.15, -0.1) is 0 Å². The lowest BCUT2D eigenvalue weighted by atomic mass is 9.87. The van der Waals surface area contributed by atoms with Crippen LogP contribution in [0.15, 0.2) is 54.1 Å². The van der Waals surface area contributed by atoms with Crippen LogP contribution in [-0.4, -0.2) is 9.52 Å². The van der Waals surface area contributed by atoms with Crippen LogP contribution in [0.2, 0.25) is 5.04 Å². The third-order valence-electron chi connectivity index (χ3n) is 5.50. The summed E-state index contributed by atoms with van der Waals surface area (Å²) in [5, 5.41) is 2.25. The van der Waals surface area contributed by atoms with Crippen LogP contribution < -0.4 is 5.19 Å². The smallest absolute Gasteiger partial charge is 0.0658 e. The maximum atomic E-state index is 2.49. The molecule has 0 saturated heterocycles. The van der Waals surface area contributed by atoms with Crippen LogP contribution in [0.4, 0.5) is 0 Å². The topological polar surface area (TPSA) is 0 Å². The average molecular weight is 297 g/mol. The van der Waals surface area contributed by atoms with Crippen molar-refractivity contribution in [1.82, 2.24) is 0 Å². The molecule has 2 unspecified atom stereocenters. The molecule has 0 nitrogen and oxygen atoms in total. The van der Waals surface area contributed by atoms with E-state index in [0.717, 1.165) is 5.92 Å². The Labute approximate surface area is 132 Å². The van der Waals surface area contributed by atoms with Crippen molar-refractivity contribution < 1.29 is 0 Å². The number of allylic oxidation sites excluding steroid dienone is 4. The number of unbranched alkanes of at least 4 members (excludes halogenated alkanes) is 2. The minimum absolute atomic E-state index is 0.238. The number of hydrogen-bond donors (Lipinski definition) is 0. The van der Waals surface area contributed by atoms with Crippen LogP contribution in [0.25, 0.3) is 0 Å². The van der Waals surface area contributed by atoms with Crippen LogP contribution in [0.3, 0.4) is 0 Å². The van der Waals surface area contributed by atoms with Crippen LogP contribution in [0.1, 0.15) is 51.9 Å². The Morgan fingerprint density at radius 3 is 2.86 bits per heavy atom. The SMILES string of the molecule is CCCCCC1([SiH2]c2ccccc2)CCC2CC=CC=C21. The van der Waals surface area contributed by atoms with Gasteiger partial charge in [0.2, 0.25) is 0 Å². The van der Waals surface area contributed by atoms with E-state index in [0.29, 0.717) is 5.04 Å². The molecule has 1 fully saturated rings. The van der Waals surface area contributed by atoms with E-state index in [1.54, 1.807) is 5.19 Å². The highest BCUT2D eigenvalue weighted by atomic mass is 28.2. The van der Waals surface area contributed by atoms with Gasteiger partial charge >= 0.3 is 0 Å². The molecule has 0 aliphatic heterocycles. The van der Waals surface area contributed by atoms with Gasteiger partial charge in [-0.1, -0.05) is 85.5 Å². The maximum absolute atomic E-state index is 2.49. The Hall–Kier alpha value is -1.08. The normalized spacial score (nSPS) is 28.0. The van der Waals surface area contributed by atoms with Crippen molar-refractivity contribution in [2.45, 2.75) is 56.9 Å². The van der Waals surface area contributed by atoms with Gasteiger partial charge in [-0.25, -0.2) is 0 Å². The van der Waals surface area contributed by atoms with Crippen molar-refractivity contribution in [3.63, 3.8) is 0 Å². The van der Waals surface area contributed by atoms with Gasteiger partial charge in [-0.05, 0) is 36.6 Å². The first kappa shape index (κ1) is 14.8. The summed E-state index contributed by atoms with van der Waals surface area (Å²) < 4.78 is 0. The Balaban J connectivity index is 1.84. The molecule has 0 N–H and O–H groups in total.